The molecule has 3 aromatic rings. The summed E-state index contributed by atoms with van der Waals surface area (Å²) in [5.74, 6) is -1.45. The van der Waals surface area contributed by atoms with Gasteiger partial charge in [0, 0.05) is 23.7 Å². The van der Waals surface area contributed by atoms with Crippen molar-refractivity contribution in [3.05, 3.63) is 78.6 Å². The number of amides is 2. The number of nitro groups is 1. The third kappa shape index (κ3) is 5.13. The Balaban J connectivity index is 1.56. The van der Waals surface area contributed by atoms with Gasteiger partial charge in [0.15, 0.2) is 5.76 Å². The zero-order valence-electron chi connectivity index (χ0n) is 17.1. The van der Waals surface area contributed by atoms with E-state index in [0.29, 0.717) is 28.8 Å². The van der Waals surface area contributed by atoms with E-state index in [2.05, 4.69) is 5.32 Å². The van der Waals surface area contributed by atoms with Crippen LogP contribution in [0.2, 0.25) is 10.0 Å². The van der Waals surface area contributed by atoms with Crippen molar-refractivity contribution >= 4 is 57.9 Å². The predicted octanol–water partition coefficient (Wildman–Crippen LogP) is 4.20. The summed E-state index contributed by atoms with van der Waals surface area (Å²) >= 11 is 13.8. The summed E-state index contributed by atoms with van der Waals surface area (Å²) in [6.07, 6.45) is 0. The van der Waals surface area contributed by atoms with Crippen molar-refractivity contribution < 1.29 is 18.9 Å². The second-order valence-corrected chi connectivity index (χ2v) is 9.10. The van der Waals surface area contributed by atoms with E-state index in [0.717, 1.165) is 10.9 Å². The Kier molecular flexibility index (Phi) is 6.87. The SMILES string of the molecule is O=C(NCc1cccs1)[C@@H]1CN(C(=O)c2ccc([N+](=O)[O-])o2)CCN1c1ccc(Cl)c(Cl)c1. The first-order valence-electron chi connectivity index (χ1n) is 9.89. The Morgan fingerprint density at radius 2 is 2.00 bits per heavy atom. The van der Waals surface area contributed by atoms with E-state index in [-0.39, 0.29) is 24.8 Å². The zero-order valence-corrected chi connectivity index (χ0v) is 19.4. The van der Waals surface area contributed by atoms with Crippen LogP contribution in [0.5, 0.6) is 0 Å². The highest BCUT2D eigenvalue weighted by Gasteiger charge is 2.36. The molecule has 1 aliphatic heterocycles. The summed E-state index contributed by atoms with van der Waals surface area (Å²) in [5.41, 5.74) is 0.696. The molecule has 33 heavy (non-hydrogen) atoms. The minimum atomic E-state index is -0.718. The van der Waals surface area contributed by atoms with Gasteiger partial charge in [-0.1, -0.05) is 29.3 Å². The molecule has 9 nitrogen and oxygen atoms in total. The largest absolute Gasteiger partial charge is 0.433 e. The van der Waals surface area contributed by atoms with Gasteiger partial charge in [-0.15, -0.1) is 11.3 Å². The number of benzene rings is 1. The molecule has 0 unspecified atom stereocenters. The van der Waals surface area contributed by atoms with E-state index < -0.39 is 22.8 Å². The van der Waals surface area contributed by atoms with Crippen molar-refractivity contribution in [2.45, 2.75) is 12.6 Å². The number of carbonyl (C=O) groups is 2. The normalized spacial score (nSPS) is 16.0. The number of nitrogens with zero attached hydrogens (tertiary/aromatic N) is 3. The Labute approximate surface area is 202 Å². The molecule has 0 aliphatic carbocycles. The van der Waals surface area contributed by atoms with Gasteiger partial charge in [0.1, 0.15) is 11.0 Å². The Bertz CT molecular complexity index is 1180. The van der Waals surface area contributed by atoms with Gasteiger partial charge in [-0.05, 0) is 35.7 Å². The maximum absolute atomic E-state index is 13.2. The first kappa shape index (κ1) is 23.1. The summed E-state index contributed by atoms with van der Waals surface area (Å²) in [7, 11) is 0. The molecule has 2 aromatic heterocycles. The zero-order chi connectivity index (χ0) is 23.5. The number of furan rings is 1. The van der Waals surface area contributed by atoms with Crippen LogP contribution in [0, 0.1) is 10.1 Å². The molecule has 1 N–H and O–H groups in total. The third-order valence-corrected chi connectivity index (χ3v) is 6.82. The number of halogens is 2. The number of nitrogens with one attached hydrogen (secondary N) is 1. The van der Waals surface area contributed by atoms with Crippen molar-refractivity contribution in [2.24, 2.45) is 0 Å². The van der Waals surface area contributed by atoms with Crippen LogP contribution in [0.4, 0.5) is 11.6 Å². The van der Waals surface area contributed by atoms with E-state index in [1.165, 1.54) is 22.3 Å². The molecule has 0 bridgehead atoms. The minimum absolute atomic E-state index is 0.0594. The van der Waals surface area contributed by atoms with Crippen LogP contribution in [0.3, 0.4) is 0 Å². The van der Waals surface area contributed by atoms with Gasteiger partial charge in [0.2, 0.25) is 5.91 Å². The molecule has 1 atom stereocenters. The lowest BCUT2D eigenvalue weighted by molar-refractivity contribution is -0.402. The molecule has 0 spiro atoms. The predicted molar refractivity (Wildman–Crippen MR) is 125 cm³/mol. The van der Waals surface area contributed by atoms with E-state index in [1.54, 1.807) is 18.2 Å². The lowest BCUT2D eigenvalue weighted by Crippen LogP contribution is -2.60. The van der Waals surface area contributed by atoms with Gasteiger partial charge in [-0.3, -0.25) is 19.7 Å². The molecular formula is C21H18Cl2N4O5S. The fraction of sp³-hybridized carbons (Fsp3) is 0.238. The fourth-order valence-electron chi connectivity index (χ4n) is 3.57. The van der Waals surface area contributed by atoms with Crippen molar-refractivity contribution in [3.8, 4) is 0 Å². The second-order valence-electron chi connectivity index (χ2n) is 7.25. The van der Waals surface area contributed by atoms with Crippen LogP contribution in [0.15, 0.2) is 52.3 Å². The maximum atomic E-state index is 13.2. The van der Waals surface area contributed by atoms with Crippen molar-refractivity contribution in [3.63, 3.8) is 0 Å². The highest BCUT2D eigenvalue weighted by molar-refractivity contribution is 7.09. The number of piperazine rings is 1. The van der Waals surface area contributed by atoms with Gasteiger partial charge in [-0.2, -0.15) is 0 Å². The van der Waals surface area contributed by atoms with Crippen molar-refractivity contribution in [1.29, 1.82) is 0 Å². The van der Waals surface area contributed by atoms with Gasteiger partial charge >= 0.3 is 5.88 Å². The smallest absolute Gasteiger partial charge is 0.395 e. The third-order valence-electron chi connectivity index (χ3n) is 5.20. The standard InChI is InChI=1S/C21H18Cl2N4O5S/c22-15-4-3-13(10-16(15)23)26-8-7-25(21(29)18-5-6-19(32-18)27(30)31)12-17(26)20(28)24-11-14-2-1-9-33-14/h1-6,9-10,17H,7-8,11-12H2,(H,24,28)/t17-/m0/s1. The van der Waals surface area contributed by atoms with Crippen molar-refractivity contribution in [2.75, 3.05) is 24.5 Å². The summed E-state index contributed by atoms with van der Waals surface area (Å²) < 4.78 is 5.06. The average molecular weight is 509 g/mol. The van der Waals surface area contributed by atoms with E-state index >= 15 is 0 Å². The number of thiophene rings is 1. The fourth-order valence-corrected chi connectivity index (χ4v) is 4.50. The minimum Gasteiger partial charge on any atom is -0.395 e. The first-order valence-corrected chi connectivity index (χ1v) is 11.5. The van der Waals surface area contributed by atoms with Gasteiger partial charge in [0.05, 0.1) is 29.2 Å². The Morgan fingerprint density at radius 3 is 2.67 bits per heavy atom. The molecular weight excluding hydrogens is 491 g/mol. The monoisotopic (exact) mass is 508 g/mol. The summed E-state index contributed by atoms with van der Waals surface area (Å²) in [5, 5.41) is 16.5. The highest BCUT2D eigenvalue weighted by atomic mass is 35.5. The molecule has 172 valence electrons. The van der Waals surface area contributed by atoms with E-state index in [1.807, 2.05) is 22.4 Å². The van der Waals surface area contributed by atoms with Crippen LogP contribution >= 0.6 is 34.5 Å². The molecule has 12 heteroatoms. The molecule has 0 radical (unpaired) electrons. The number of hydrogen-bond acceptors (Lipinski definition) is 7. The topological polar surface area (TPSA) is 109 Å². The van der Waals surface area contributed by atoms with E-state index in [4.69, 9.17) is 27.6 Å². The molecule has 0 saturated carbocycles. The Hall–Kier alpha value is -3.08. The molecule has 4 rings (SSSR count). The summed E-state index contributed by atoms with van der Waals surface area (Å²) in [6, 6.07) is 10.6. The lowest BCUT2D eigenvalue weighted by atomic mass is 10.1. The molecule has 1 fully saturated rings. The molecule has 1 aromatic carbocycles. The number of anilines is 1. The van der Waals surface area contributed by atoms with Gasteiger partial charge in [0.25, 0.3) is 5.91 Å². The van der Waals surface area contributed by atoms with Crippen LogP contribution in [0.25, 0.3) is 0 Å². The maximum Gasteiger partial charge on any atom is 0.433 e. The molecule has 1 saturated heterocycles. The van der Waals surface area contributed by atoms with Crippen LogP contribution < -0.4 is 10.2 Å². The quantitative estimate of drug-likeness (QED) is 0.394. The van der Waals surface area contributed by atoms with Crippen LogP contribution in [-0.4, -0.2) is 47.3 Å². The lowest BCUT2D eigenvalue weighted by Gasteiger charge is -2.41. The van der Waals surface area contributed by atoms with Gasteiger partial charge < -0.3 is 19.5 Å². The van der Waals surface area contributed by atoms with Gasteiger partial charge in [-0.25, -0.2) is 0 Å². The average Bonchev–Trinajstić information content (AvgIpc) is 3.51. The molecule has 3 heterocycles. The summed E-state index contributed by atoms with van der Waals surface area (Å²) in [4.78, 5) is 40.6. The molecule has 1 aliphatic rings. The molecule has 2 amide bonds. The number of hydrogen-bond donors (Lipinski definition) is 1. The second kappa shape index (κ2) is 9.82. The van der Waals surface area contributed by atoms with Crippen molar-refractivity contribution in [1.82, 2.24) is 10.2 Å². The van der Waals surface area contributed by atoms with Crippen LogP contribution in [0.1, 0.15) is 15.4 Å². The van der Waals surface area contributed by atoms with E-state index in [9.17, 15) is 19.7 Å². The first-order chi connectivity index (χ1) is 15.8. The highest BCUT2D eigenvalue weighted by Crippen LogP contribution is 2.30. The number of carbonyl (C=O) groups excluding carboxylic acids is 2. The Morgan fingerprint density at radius 1 is 1.18 bits per heavy atom. The van der Waals surface area contributed by atoms with Crippen LogP contribution in [-0.2, 0) is 11.3 Å². The summed E-state index contributed by atoms with van der Waals surface area (Å²) in [6.45, 7) is 1.04. The number of rotatable bonds is 6.